The predicted octanol–water partition coefficient (Wildman–Crippen LogP) is 0.704. The molecular weight excluding hydrogens is 258 g/mol. The fourth-order valence-electron chi connectivity index (χ4n) is 1.40. The van der Waals surface area contributed by atoms with Gasteiger partial charge in [0.1, 0.15) is 5.76 Å². The summed E-state index contributed by atoms with van der Waals surface area (Å²) in [7, 11) is -0.356. The fraction of sp³-hybridized carbons (Fsp3) is 0.636. The van der Waals surface area contributed by atoms with Crippen LogP contribution in [0.15, 0.2) is 22.8 Å². The molecule has 0 saturated heterocycles. The van der Waals surface area contributed by atoms with Crippen LogP contribution in [0.5, 0.6) is 0 Å². The monoisotopic (exact) mass is 277 g/mol. The van der Waals surface area contributed by atoms with E-state index >= 15 is 0 Å². The molecule has 0 fully saturated rings. The van der Waals surface area contributed by atoms with Crippen LogP contribution in [0.1, 0.15) is 5.76 Å². The van der Waals surface area contributed by atoms with Crippen LogP contribution in [0.25, 0.3) is 0 Å². The lowest BCUT2D eigenvalue weighted by Crippen LogP contribution is -2.36. The molecule has 1 aromatic rings. The van der Waals surface area contributed by atoms with Crippen molar-refractivity contribution in [3.8, 4) is 0 Å². The molecule has 0 radical (unpaired) electrons. The molecule has 0 bridgehead atoms. The number of hydrogen-bond donors (Lipinski definition) is 0. The molecule has 0 amide bonds. The van der Waals surface area contributed by atoms with E-state index in [9.17, 15) is 8.42 Å². The van der Waals surface area contributed by atoms with Crippen molar-refractivity contribution in [1.29, 1.82) is 0 Å². The Labute approximate surface area is 108 Å². The maximum Gasteiger partial charge on any atom is 0.216 e. The third-order valence-electron chi connectivity index (χ3n) is 2.40. The van der Waals surface area contributed by atoms with Crippen LogP contribution in [0.2, 0.25) is 0 Å². The van der Waals surface area contributed by atoms with Crippen LogP contribution in [-0.4, -0.2) is 52.5 Å². The highest BCUT2D eigenvalue weighted by molar-refractivity contribution is 7.89. The minimum absolute atomic E-state index is 0.0477. The lowest BCUT2D eigenvalue weighted by Gasteiger charge is -2.20. The van der Waals surface area contributed by atoms with Crippen molar-refractivity contribution >= 4 is 10.0 Å². The van der Waals surface area contributed by atoms with E-state index in [4.69, 9.17) is 13.9 Å². The summed E-state index contributed by atoms with van der Waals surface area (Å²) >= 11 is 0. The van der Waals surface area contributed by atoms with E-state index in [1.807, 2.05) is 0 Å². The molecule has 0 atom stereocenters. The van der Waals surface area contributed by atoms with Crippen molar-refractivity contribution in [2.75, 3.05) is 39.7 Å². The zero-order chi connectivity index (χ0) is 13.4. The summed E-state index contributed by atoms with van der Waals surface area (Å²) in [5.74, 6) is 0.556. The first-order valence-electron chi connectivity index (χ1n) is 5.58. The molecule has 1 rings (SSSR count). The van der Waals surface area contributed by atoms with Crippen molar-refractivity contribution < 1.29 is 22.3 Å². The summed E-state index contributed by atoms with van der Waals surface area (Å²) < 4.78 is 40.4. The quantitative estimate of drug-likeness (QED) is 0.664. The van der Waals surface area contributed by atoms with Crippen LogP contribution < -0.4 is 0 Å². The Bertz CT molecular complexity index is 415. The summed E-state index contributed by atoms with van der Waals surface area (Å²) in [6.07, 6.45) is 1.52. The van der Waals surface area contributed by atoms with E-state index in [0.29, 0.717) is 18.9 Å². The molecule has 1 heterocycles. The Morgan fingerprint density at radius 1 is 1.28 bits per heavy atom. The zero-order valence-electron chi connectivity index (χ0n) is 10.7. The van der Waals surface area contributed by atoms with Gasteiger partial charge in [-0.15, -0.1) is 0 Å². The number of furan rings is 1. The van der Waals surface area contributed by atoms with Gasteiger partial charge in [0.05, 0.1) is 31.8 Å². The molecule has 0 saturated carbocycles. The summed E-state index contributed by atoms with van der Waals surface area (Å²) in [5.41, 5.74) is 0. The Kier molecular flexibility index (Phi) is 6.34. The Morgan fingerprint density at radius 2 is 2.00 bits per heavy atom. The minimum Gasteiger partial charge on any atom is -0.468 e. The molecule has 18 heavy (non-hydrogen) atoms. The highest BCUT2D eigenvalue weighted by atomic mass is 32.2. The van der Waals surface area contributed by atoms with Crippen LogP contribution >= 0.6 is 0 Å². The normalized spacial score (nSPS) is 12.2. The molecular formula is C11H19NO5S. The second-order valence-corrected chi connectivity index (χ2v) is 5.80. The van der Waals surface area contributed by atoms with E-state index in [1.54, 1.807) is 12.1 Å². The number of rotatable bonds is 9. The van der Waals surface area contributed by atoms with E-state index < -0.39 is 10.0 Å². The van der Waals surface area contributed by atoms with Gasteiger partial charge in [0.15, 0.2) is 0 Å². The van der Waals surface area contributed by atoms with Gasteiger partial charge in [-0.05, 0) is 12.1 Å². The van der Waals surface area contributed by atoms with E-state index in [1.165, 1.54) is 24.8 Å². The second-order valence-electron chi connectivity index (χ2n) is 3.71. The average Bonchev–Trinajstić information content (AvgIpc) is 2.84. The highest BCUT2D eigenvalue weighted by Gasteiger charge is 2.22. The summed E-state index contributed by atoms with van der Waals surface area (Å²) in [4.78, 5) is 0. The molecule has 1 aromatic heterocycles. The smallest absolute Gasteiger partial charge is 0.216 e. The average molecular weight is 277 g/mol. The van der Waals surface area contributed by atoms with Gasteiger partial charge in [0.2, 0.25) is 10.0 Å². The maximum atomic E-state index is 12.1. The lowest BCUT2D eigenvalue weighted by atomic mass is 10.4. The molecule has 0 N–H and O–H groups in total. The largest absolute Gasteiger partial charge is 0.468 e. The third-order valence-corrected chi connectivity index (χ3v) is 4.18. The number of hydrogen-bond acceptors (Lipinski definition) is 5. The first kappa shape index (κ1) is 15.2. The van der Waals surface area contributed by atoms with E-state index in [-0.39, 0.29) is 18.9 Å². The summed E-state index contributed by atoms with van der Waals surface area (Å²) in [5, 5.41) is 0. The molecule has 6 nitrogen and oxygen atoms in total. The van der Waals surface area contributed by atoms with Gasteiger partial charge in [-0.25, -0.2) is 8.42 Å². The predicted molar refractivity (Wildman–Crippen MR) is 66.7 cm³/mol. The van der Waals surface area contributed by atoms with Gasteiger partial charge < -0.3 is 13.9 Å². The molecule has 7 heteroatoms. The van der Waals surface area contributed by atoms with Gasteiger partial charge in [-0.2, -0.15) is 4.31 Å². The zero-order valence-corrected chi connectivity index (χ0v) is 11.5. The van der Waals surface area contributed by atoms with Crippen molar-refractivity contribution in [2.24, 2.45) is 0 Å². The molecule has 0 aromatic carbocycles. The summed E-state index contributed by atoms with van der Waals surface area (Å²) in [6, 6.07) is 3.47. The summed E-state index contributed by atoms with van der Waals surface area (Å²) in [6.45, 7) is 1.02. The van der Waals surface area contributed by atoms with Crippen LogP contribution in [0, 0.1) is 0 Å². The van der Waals surface area contributed by atoms with E-state index in [0.717, 1.165) is 0 Å². The molecule has 0 spiro atoms. The molecule has 0 aliphatic rings. The molecule has 0 aliphatic carbocycles. The van der Waals surface area contributed by atoms with Crippen LogP contribution in [0.4, 0.5) is 0 Å². The lowest BCUT2D eigenvalue weighted by molar-refractivity contribution is 0.173. The number of ether oxygens (including phenoxy) is 2. The first-order valence-corrected chi connectivity index (χ1v) is 7.19. The van der Waals surface area contributed by atoms with Crippen molar-refractivity contribution in [3.63, 3.8) is 0 Å². The standard InChI is InChI=1S/C11H19NO5S/c1-15-7-5-12(10-11-4-3-6-17-11)18(13,14)9-8-16-2/h3-4,6H,5,7-10H2,1-2H3. The molecule has 0 unspecified atom stereocenters. The van der Waals surface area contributed by atoms with Gasteiger partial charge in [0, 0.05) is 20.8 Å². The first-order chi connectivity index (χ1) is 8.60. The Morgan fingerprint density at radius 3 is 2.56 bits per heavy atom. The topological polar surface area (TPSA) is 69.0 Å². The van der Waals surface area contributed by atoms with E-state index in [2.05, 4.69) is 0 Å². The van der Waals surface area contributed by atoms with Crippen molar-refractivity contribution in [1.82, 2.24) is 4.31 Å². The Balaban J connectivity index is 2.70. The van der Waals surface area contributed by atoms with Crippen LogP contribution in [0.3, 0.4) is 0 Å². The SMILES string of the molecule is COCCN(Cc1ccco1)S(=O)(=O)CCOC. The number of sulfonamides is 1. The minimum atomic E-state index is -3.36. The number of nitrogens with zero attached hydrogens (tertiary/aromatic N) is 1. The third kappa shape index (κ3) is 4.77. The van der Waals surface area contributed by atoms with Crippen LogP contribution in [-0.2, 0) is 26.0 Å². The van der Waals surface area contributed by atoms with Gasteiger partial charge in [0.25, 0.3) is 0 Å². The molecule has 104 valence electrons. The number of methoxy groups -OCH3 is 2. The fourth-order valence-corrected chi connectivity index (χ4v) is 2.72. The second kappa shape index (κ2) is 7.52. The van der Waals surface area contributed by atoms with Crippen molar-refractivity contribution in [2.45, 2.75) is 6.54 Å². The van der Waals surface area contributed by atoms with Gasteiger partial charge in [-0.1, -0.05) is 0 Å². The van der Waals surface area contributed by atoms with Gasteiger partial charge in [-0.3, -0.25) is 0 Å². The molecule has 0 aliphatic heterocycles. The highest BCUT2D eigenvalue weighted by Crippen LogP contribution is 2.10. The van der Waals surface area contributed by atoms with Gasteiger partial charge >= 0.3 is 0 Å². The Hall–Kier alpha value is -0.890. The maximum absolute atomic E-state index is 12.1. The van der Waals surface area contributed by atoms with Crippen molar-refractivity contribution in [3.05, 3.63) is 24.2 Å².